The fraction of sp³-hybridized carbons (Fsp3) is 0.800. The molecular formula is C15H24N2S. The maximum atomic E-state index is 4.64. The second kappa shape index (κ2) is 4.93. The summed E-state index contributed by atoms with van der Waals surface area (Å²) in [6.45, 7) is 4.75. The monoisotopic (exact) mass is 264 g/mol. The Morgan fingerprint density at radius 1 is 1.39 bits per heavy atom. The molecule has 1 aromatic heterocycles. The highest BCUT2D eigenvalue weighted by Gasteiger charge is 2.43. The van der Waals surface area contributed by atoms with Crippen LogP contribution in [0.4, 0.5) is 0 Å². The van der Waals surface area contributed by atoms with Gasteiger partial charge in [0.25, 0.3) is 0 Å². The summed E-state index contributed by atoms with van der Waals surface area (Å²) >= 11 is 1.84. The Morgan fingerprint density at radius 2 is 2.22 bits per heavy atom. The Labute approximate surface area is 114 Å². The fourth-order valence-corrected chi connectivity index (χ4v) is 4.19. The van der Waals surface area contributed by atoms with Crippen LogP contribution in [0.2, 0.25) is 0 Å². The molecule has 0 radical (unpaired) electrons. The Kier molecular flexibility index (Phi) is 3.46. The molecule has 3 rings (SSSR count). The van der Waals surface area contributed by atoms with Gasteiger partial charge < -0.3 is 5.32 Å². The Morgan fingerprint density at radius 3 is 2.83 bits per heavy atom. The van der Waals surface area contributed by atoms with Crippen LogP contribution in [0.3, 0.4) is 0 Å². The molecule has 0 spiro atoms. The highest BCUT2D eigenvalue weighted by Crippen LogP contribution is 2.44. The van der Waals surface area contributed by atoms with Gasteiger partial charge in [0.05, 0.1) is 5.54 Å². The number of hydrogen-bond donors (Lipinski definition) is 1. The molecule has 2 nitrogen and oxygen atoms in total. The quantitative estimate of drug-likeness (QED) is 0.891. The molecule has 0 amide bonds. The zero-order valence-electron chi connectivity index (χ0n) is 11.5. The molecule has 1 N–H and O–H groups in total. The fourth-order valence-electron chi connectivity index (χ4n) is 3.35. The van der Waals surface area contributed by atoms with E-state index in [-0.39, 0.29) is 5.54 Å². The summed E-state index contributed by atoms with van der Waals surface area (Å²) in [7, 11) is 0. The first kappa shape index (κ1) is 12.6. The highest BCUT2D eigenvalue weighted by atomic mass is 32.1. The van der Waals surface area contributed by atoms with Gasteiger partial charge in [-0.15, -0.1) is 11.3 Å². The first-order chi connectivity index (χ1) is 8.70. The lowest BCUT2D eigenvalue weighted by Crippen LogP contribution is -2.47. The average Bonchev–Trinajstić information content (AvgIpc) is 2.98. The number of nitrogens with zero attached hydrogens (tertiary/aromatic N) is 1. The number of aromatic nitrogens is 1. The molecule has 0 aliphatic heterocycles. The van der Waals surface area contributed by atoms with E-state index in [4.69, 9.17) is 0 Å². The summed E-state index contributed by atoms with van der Waals surface area (Å²) in [6, 6.07) is 0.764. The summed E-state index contributed by atoms with van der Waals surface area (Å²) in [5, 5.41) is 7.40. The van der Waals surface area contributed by atoms with E-state index >= 15 is 0 Å². The minimum atomic E-state index is 0.197. The van der Waals surface area contributed by atoms with Crippen molar-refractivity contribution in [2.45, 2.75) is 64.0 Å². The number of nitrogens with one attached hydrogen (secondary N) is 1. The molecule has 0 bridgehead atoms. The van der Waals surface area contributed by atoms with Crippen molar-refractivity contribution in [2.75, 3.05) is 0 Å². The van der Waals surface area contributed by atoms with Gasteiger partial charge in [0.1, 0.15) is 5.01 Å². The molecule has 0 aromatic carbocycles. The molecule has 2 atom stereocenters. The third-order valence-corrected chi connectivity index (χ3v) is 5.61. The Balaban J connectivity index is 1.84. The second-order valence-electron chi connectivity index (χ2n) is 6.44. The van der Waals surface area contributed by atoms with Crippen LogP contribution in [0.15, 0.2) is 11.6 Å². The molecule has 100 valence electrons. The number of rotatable bonds is 4. The molecule has 3 heteroatoms. The van der Waals surface area contributed by atoms with Crippen molar-refractivity contribution >= 4 is 11.3 Å². The van der Waals surface area contributed by atoms with Crippen molar-refractivity contribution < 1.29 is 0 Å². The van der Waals surface area contributed by atoms with E-state index in [1.807, 2.05) is 17.5 Å². The third-order valence-electron chi connectivity index (χ3n) is 4.63. The van der Waals surface area contributed by atoms with E-state index in [1.54, 1.807) is 0 Å². The molecule has 2 aliphatic rings. The van der Waals surface area contributed by atoms with Crippen LogP contribution in [0.5, 0.6) is 0 Å². The highest BCUT2D eigenvalue weighted by molar-refractivity contribution is 7.09. The summed E-state index contributed by atoms with van der Waals surface area (Å²) < 4.78 is 0. The van der Waals surface area contributed by atoms with E-state index in [9.17, 15) is 0 Å². The minimum Gasteiger partial charge on any atom is -0.303 e. The summed E-state index contributed by atoms with van der Waals surface area (Å²) in [5.41, 5.74) is 0.197. The zero-order chi connectivity index (χ0) is 12.6. The lowest BCUT2D eigenvalue weighted by Gasteiger charge is -2.42. The van der Waals surface area contributed by atoms with E-state index in [1.165, 1.54) is 43.5 Å². The zero-order valence-corrected chi connectivity index (χ0v) is 12.3. The molecular weight excluding hydrogens is 240 g/mol. The van der Waals surface area contributed by atoms with Crippen LogP contribution in [0.25, 0.3) is 0 Å². The SMILES string of the molecule is CC(C)C1CCCC(NC2CC2)(c2nccs2)C1. The van der Waals surface area contributed by atoms with E-state index in [0.29, 0.717) is 0 Å². The third kappa shape index (κ3) is 2.48. The molecule has 1 aromatic rings. The normalized spacial score (nSPS) is 32.9. The van der Waals surface area contributed by atoms with Crippen LogP contribution >= 0.6 is 11.3 Å². The van der Waals surface area contributed by atoms with Gasteiger partial charge in [-0.25, -0.2) is 4.98 Å². The molecule has 2 saturated carbocycles. The van der Waals surface area contributed by atoms with Crippen LogP contribution < -0.4 is 5.32 Å². The molecule has 2 unspecified atom stereocenters. The molecule has 0 saturated heterocycles. The van der Waals surface area contributed by atoms with Gasteiger partial charge in [-0.2, -0.15) is 0 Å². The topological polar surface area (TPSA) is 24.9 Å². The van der Waals surface area contributed by atoms with Crippen LogP contribution in [-0.4, -0.2) is 11.0 Å². The first-order valence-corrected chi connectivity index (χ1v) is 8.25. The summed E-state index contributed by atoms with van der Waals surface area (Å²) in [4.78, 5) is 4.64. The summed E-state index contributed by atoms with van der Waals surface area (Å²) in [5.74, 6) is 1.65. The van der Waals surface area contributed by atoms with Gasteiger partial charge >= 0.3 is 0 Å². The Hall–Kier alpha value is -0.410. The minimum absolute atomic E-state index is 0.197. The van der Waals surface area contributed by atoms with E-state index in [2.05, 4.69) is 29.5 Å². The maximum absolute atomic E-state index is 4.64. The van der Waals surface area contributed by atoms with Crippen molar-refractivity contribution in [3.63, 3.8) is 0 Å². The standard InChI is InChI=1S/C15H24N2S/c1-11(2)12-4-3-7-15(10-12,17-13-5-6-13)14-16-8-9-18-14/h8-9,11-13,17H,3-7,10H2,1-2H3. The van der Waals surface area contributed by atoms with Gasteiger partial charge in [0.2, 0.25) is 0 Å². The van der Waals surface area contributed by atoms with Crippen LogP contribution in [-0.2, 0) is 5.54 Å². The first-order valence-electron chi connectivity index (χ1n) is 7.37. The Bertz CT molecular complexity index is 383. The van der Waals surface area contributed by atoms with Crippen molar-refractivity contribution in [3.05, 3.63) is 16.6 Å². The van der Waals surface area contributed by atoms with Gasteiger partial charge in [0, 0.05) is 17.6 Å². The smallest absolute Gasteiger partial charge is 0.113 e. The predicted octanol–water partition coefficient (Wildman–Crippen LogP) is 3.94. The van der Waals surface area contributed by atoms with E-state index in [0.717, 1.165) is 17.9 Å². The largest absolute Gasteiger partial charge is 0.303 e. The van der Waals surface area contributed by atoms with Crippen molar-refractivity contribution in [3.8, 4) is 0 Å². The van der Waals surface area contributed by atoms with Crippen molar-refractivity contribution in [2.24, 2.45) is 11.8 Å². The van der Waals surface area contributed by atoms with Crippen molar-refractivity contribution in [1.29, 1.82) is 0 Å². The number of hydrogen-bond acceptors (Lipinski definition) is 3. The molecule has 1 heterocycles. The van der Waals surface area contributed by atoms with Gasteiger partial charge in [0.15, 0.2) is 0 Å². The lowest BCUT2D eigenvalue weighted by atomic mass is 9.72. The maximum Gasteiger partial charge on any atom is 0.113 e. The van der Waals surface area contributed by atoms with Gasteiger partial charge in [-0.3, -0.25) is 0 Å². The summed E-state index contributed by atoms with van der Waals surface area (Å²) in [6.07, 6.45) is 10.0. The van der Waals surface area contributed by atoms with Crippen molar-refractivity contribution in [1.82, 2.24) is 10.3 Å². The molecule has 2 fully saturated rings. The van der Waals surface area contributed by atoms with Gasteiger partial charge in [-0.05, 0) is 37.5 Å². The predicted molar refractivity (Wildman–Crippen MR) is 76.7 cm³/mol. The lowest BCUT2D eigenvalue weighted by molar-refractivity contribution is 0.145. The number of thiazole rings is 1. The molecule has 18 heavy (non-hydrogen) atoms. The second-order valence-corrected chi connectivity index (χ2v) is 7.33. The van der Waals surface area contributed by atoms with Gasteiger partial charge in [-0.1, -0.05) is 26.7 Å². The average molecular weight is 264 g/mol. The van der Waals surface area contributed by atoms with Crippen LogP contribution in [0.1, 0.15) is 57.4 Å². The van der Waals surface area contributed by atoms with Crippen LogP contribution in [0, 0.1) is 11.8 Å². The van der Waals surface area contributed by atoms with E-state index < -0.39 is 0 Å². The molecule has 2 aliphatic carbocycles.